The van der Waals surface area contributed by atoms with Gasteiger partial charge in [-0.3, -0.25) is 0 Å². The molecule has 20 heavy (non-hydrogen) atoms. The molecular weight excluding hydrogens is 258 g/mol. The van der Waals surface area contributed by atoms with E-state index in [1.165, 1.54) is 11.1 Å². The van der Waals surface area contributed by atoms with E-state index in [0.29, 0.717) is 6.61 Å². The van der Waals surface area contributed by atoms with E-state index < -0.39 is 0 Å². The maximum absolute atomic E-state index is 5.93. The highest BCUT2D eigenvalue weighted by molar-refractivity contribution is 5.64. The molecule has 1 aromatic rings. The number of benzene rings is 1. The molecule has 0 amide bonds. The molecule has 0 spiro atoms. The lowest BCUT2D eigenvalue weighted by atomic mass is 9.90. The van der Waals surface area contributed by atoms with Crippen LogP contribution in [0.2, 0.25) is 0 Å². The van der Waals surface area contributed by atoms with E-state index >= 15 is 0 Å². The van der Waals surface area contributed by atoms with E-state index in [1.54, 1.807) is 7.11 Å². The zero-order valence-corrected chi connectivity index (χ0v) is 11.9. The van der Waals surface area contributed by atoms with Crippen molar-refractivity contribution in [2.45, 2.75) is 32.1 Å². The first kappa shape index (κ1) is 13.5. The van der Waals surface area contributed by atoms with Gasteiger partial charge in [-0.2, -0.15) is 0 Å². The molecule has 0 fully saturated rings. The number of hydrogen-bond acceptors (Lipinski definition) is 5. The maximum Gasteiger partial charge on any atom is 0.167 e. The number of nitrogens with two attached hydrogens (primary N) is 1. The third-order valence-corrected chi connectivity index (χ3v) is 3.98. The molecule has 0 atom stereocenters. The smallest absolute Gasteiger partial charge is 0.167 e. The van der Waals surface area contributed by atoms with Gasteiger partial charge in [-0.1, -0.05) is 0 Å². The first-order valence-corrected chi connectivity index (χ1v) is 7.18. The summed E-state index contributed by atoms with van der Waals surface area (Å²) in [6.07, 6.45) is 4.72. The zero-order chi connectivity index (χ0) is 13.9. The summed E-state index contributed by atoms with van der Waals surface area (Å²) in [5, 5.41) is 0. The summed E-state index contributed by atoms with van der Waals surface area (Å²) < 4.78 is 17.4. The van der Waals surface area contributed by atoms with Crippen LogP contribution in [0.3, 0.4) is 0 Å². The van der Waals surface area contributed by atoms with E-state index in [9.17, 15) is 0 Å². The second kappa shape index (κ2) is 5.89. The quantitative estimate of drug-likeness (QED) is 0.851. The summed E-state index contributed by atoms with van der Waals surface area (Å²) in [4.78, 5) is 4.76. The van der Waals surface area contributed by atoms with E-state index in [-0.39, 0.29) is 0 Å². The summed E-state index contributed by atoms with van der Waals surface area (Å²) in [7, 11) is 1.70. The minimum atomic E-state index is 0.481. The van der Waals surface area contributed by atoms with Gasteiger partial charge in [0.25, 0.3) is 0 Å². The second-order valence-electron chi connectivity index (χ2n) is 5.15. The fraction of sp³-hybridized carbons (Fsp3) is 0.600. The highest BCUT2D eigenvalue weighted by Gasteiger charge is 2.29. The van der Waals surface area contributed by atoms with Crippen LogP contribution in [0, 0.1) is 0 Å². The van der Waals surface area contributed by atoms with Crippen molar-refractivity contribution < 1.29 is 19.0 Å². The van der Waals surface area contributed by atoms with Crippen LogP contribution in [0.15, 0.2) is 0 Å². The molecule has 110 valence electrons. The zero-order valence-electron chi connectivity index (χ0n) is 11.9. The first-order valence-electron chi connectivity index (χ1n) is 7.18. The third-order valence-electron chi connectivity index (χ3n) is 3.98. The van der Waals surface area contributed by atoms with Gasteiger partial charge < -0.3 is 19.0 Å². The number of rotatable bonds is 4. The summed E-state index contributed by atoms with van der Waals surface area (Å²) >= 11 is 0. The van der Waals surface area contributed by atoms with Crippen LogP contribution >= 0.6 is 0 Å². The number of ether oxygens (including phenoxy) is 3. The SMILES string of the molecule is COc1c2c(c(CCON)c3c1OCCC3)OCCC2. The van der Waals surface area contributed by atoms with E-state index in [2.05, 4.69) is 0 Å². The van der Waals surface area contributed by atoms with Crippen LogP contribution in [-0.2, 0) is 24.1 Å². The second-order valence-corrected chi connectivity index (χ2v) is 5.15. The van der Waals surface area contributed by atoms with Crippen LogP contribution in [-0.4, -0.2) is 26.9 Å². The average molecular weight is 279 g/mol. The van der Waals surface area contributed by atoms with Crippen LogP contribution in [0.4, 0.5) is 0 Å². The molecule has 0 radical (unpaired) electrons. The fourth-order valence-corrected chi connectivity index (χ4v) is 3.14. The van der Waals surface area contributed by atoms with Gasteiger partial charge in [0, 0.05) is 23.1 Å². The fourth-order valence-electron chi connectivity index (χ4n) is 3.14. The molecule has 0 saturated carbocycles. The molecule has 2 heterocycles. The number of hydrogen-bond donors (Lipinski definition) is 1. The Morgan fingerprint density at radius 2 is 1.75 bits per heavy atom. The van der Waals surface area contributed by atoms with Crippen molar-refractivity contribution in [1.29, 1.82) is 0 Å². The molecule has 2 aliphatic rings. The Labute approximate surface area is 118 Å². The van der Waals surface area contributed by atoms with Crippen LogP contribution in [0.5, 0.6) is 17.2 Å². The van der Waals surface area contributed by atoms with Crippen molar-refractivity contribution in [2.24, 2.45) is 5.90 Å². The van der Waals surface area contributed by atoms with Crippen molar-refractivity contribution in [3.05, 3.63) is 16.7 Å². The Kier molecular flexibility index (Phi) is 3.98. The minimum absolute atomic E-state index is 0.481. The molecule has 0 bridgehead atoms. The first-order chi connectivity index (χ1) is 9.86. The van der Waals surface area contributed by atoms with Crippen LogP contribution in [0.25, 0.3) is 0 Å². The Hall–Kier alpha value is -1.46. The molecule has 5 heteroatoms. The molecule has 0 unspecified atom stereocenters. The van der Waals surface area contributed by atoms with Crippen molar-refractivity contribution in [3.63, 3.8) is 0 Å². The molecule has 3 rings (SSSR count). The van der Waals surface area contributed by atoms with Crippen LogP contribution in [0.1, 0.15) is 29.5 Å². The topological polar surface area (TPSA) is 62.9 Å². The predicted molar refractivity (Wildman–Crippen MR) is 74.5 cm³/mol. The van der Waals surface area contributed by atoms with Gasteiger partial charge in [0.2, 0.25) is 0 Å². The largest absolute Gasteiger partial charge is 0.493 e. The third kappa shape index (κ3) is 2.21. The van der Waals surface area contributed by atoms with Crippen molar-refractivity contribution >= 4 is 0 Å². The summed E-state index contributed by atoms with van der Waals surface area (Å²) in [6.45, 7) is 1.98. The minimum Gasteiger partial charge on any atom is -0.493 e. The predicted octanol–water partition coefficient (Wildman–Crippen LogP) is 1.78. The highest BCUT2D eigenvalue weighted by atomic mass is 16.6. The van der Waals surface area contributed by atoms with Gasteiger partial charge in [-0.15, -0.1) is 0 Å². The lowest BCUT2D eigenvalue weighted by molar-refractivity contribution is 0.139. The number of fused-ring (bicyclic) bond motifs is 2. The van der Waals surface area contributed by atoms with Crippen molar-refractivity contribution in [1.82, 2.24) is 0 Å². The molecule has 0 aromatic heterocycles. The van der Waals surface area contributed by atoms with Gasteiger partial charge in [0.05, 0.1) is 26.9 Å². The molecule has 2 N–H and O–H groups in total. The summed E-state index contributed by atoms with van der Waals surface area (Å²) in [5.41, 5.74) is 3.51. The highest BCUT2D eigenvalue weighted by Crippen LogP contribution is 2.48. The maximum atomic E-state index is 5.93. The summed E-state index contributed by atoms with van der Waals surface area (Å²) in [6, 6.07) is 0. The van der Waals surface area contributed by atoms with Gasteiger partial charge in [0.15, 0.2) is 11.5 Å². The van der Waals surface area contributed by atoms with Gasteiger partial charge in [0.1, 0.15) is 5.75 Å². The van der Waals surface area contributed by atoms with E-state index in [1.807, 2.05) is 0 Å². The van der Waals surface area contributed by atoms with Gasteiger partial charge in [-0.25, -0.2) is 5.90 Å². The molecule has 0 saturated heterocycles. The lowest BCUT2D eigenvalue weighted by Gasteiger charge is -2.29. The standard InChI is InChI=1S/C15H21NO4/c1-17-14-12-5-3-7-18-13(12)11(6-9-20-16)10-4-2-8-19-15(10)14/h2-9,16H2,1H3. The Morgan fingerprint density at radius 1 is 1.05 bits per heavy atom. The van der Waals surface area contributed by atoms with Gasteiger partial charge in [-0.05, 0) is 25.7 Å². The molecule has 0 aliphatic carbocycles. The van der Waals surface area contributed by atoms with Crippen LogP contribution < -0.4 is 20.1 Å². The normalized spacial score (nSPS) is 16.7. The van der Waals surface area contributed by atoms with Gasteiger partial charge >= 0.3 is 0 Å². The van der Waals surface area contributed by atoms with E-state index in [4.69, 9.17) is 24.9 Å². The van der Waals surface area contributed by atoms with Crippen molar-refractivity contribution in [2.75, 3.05) is 26.9 Å². The Balaban J connectivity index is 2.15. The lowest BCUT2D eigenvalue weighted by Crippen LogP contribution is -2.19. The monoisotopic (exact) mass is 279 g/mol. The average Bonchev–Trinajstić information content (AvgIpc) is 2.51. The summed E-state index contributed by atoms with van der Waals surface area (Å²) in [5.74, 6) is 7.91. The molecule has 5 nitrogen and oxygen atoms in total. The van der Waals surface area contributed by atoms with Crippen molar-refractivity contribution in [3.8, 4) is 17.2 Å². The van der Waals surface area contributed by atoms with E-state index in [0.717, 1.165) is 68.1 Å². The molecule has 2 aliphatic heterocycles. The molecule has 1 aromatic carbocycles. The molecular formula is C15H21NO4. The number of methoxy groups -OCH3 is 1. The Bertz CT molecular complexity index is 464. The Morgan fingerprint density at radius 3 is 2.45 bits per heavy atom.